The average molecular weight is 447 g/mol. The summed E-state index contributed by atoms with van der Waals surface area (Å²) in [6, 6.07) is 23.0. The molecule has 0 aromatic heterocycles. The molecule has 0 unspecified atom stereocenters. The smallest absolute Gasteiger partial charge is 0.127 e. The summed E-state index contributed by atoms with van der Waals surface area (Å²) in [4.78, 5) is 0. The molecule has 0 radical (unpaired) electrons. The second kappa shape index (κ2) is 13.6. The summed E-state index contributed by atoms with van der Waals surface area (Å²) in [5.74, 6) is 2.72. The summed E-state index contributed by atoms with van der Waals surface area (Å²) >= 11 is 0. The zero-order valence-corrected chi connectivity index (χ0v) is 20.4. The molecular formula is C30H38O3. The standard InChI is InChI=1S/C30H38O3/c1-4-7-19-31-26-14-12-13-24(22-26)28-18-17-25(23-30(28)33-21-9-6-3)27-15-10-11-16-29(27)32-20-8-5-2/h10-18,22-23H,4-9,19-21H2,1-3H3. The van der Waals surface area contributed by atoms with E-state index in [0.29, 0.717) is 6.61 Å². The Morgan fingerprint density at radius 1 is 0.515 bits per heavy atom. The van der Waals surface area contributed by atoms with E-state index in [0.717, 1.165) is 91.2 Å². The molecule has 0 saturated carbocycles. The molecular weight excluding hydrogens is 408 g/mol. The Hall–Kier alpha value is -2.94. The first-order valence-electron chi connectivity index (χ1n) is 12.5. The van der Waals surface area contributed by atoms with Crippen LogP contribution in [-0.2, 0) is 0 Å². The van der Waals surface area contributed by atoms with E-state index in [9.17, 15) is 0 Å². The van der Waals surface area contributed by atoms with Gasteiger partial charge in [-0.25, -0.2) is 0 Å². The predicted octanol–water partition coefficient (Wildman–Crippen LogP) is 8.56. The van der Waals surface area contributed by atoms with Crippen LogP contribution < -0.4 is 14.2 Å². The summed E-state index contributed by atoms with van der Waals surface area (Å²) < 4.78 is 18.3. The first-order valence-corrected chi connectivity index (χ1v) is 12.5. The van der Waals surface area contributed by atoms with Crippen LogP contribution in [0.5, 0.6) is 17.2 Å². The first kappa shape index (κ1) is 24.7. The third kappa shape index (κ3) is 7.28. The molecule has 0 saturated heterocycles. The van der Waals surface area contributed by atoms with E-state index >= 15 is 0 Å². The molecule has 3 aromatic carbocycles. The Kier molecular flexibility index (Phi) is 10.2. The van der Waals surface area contributed by atoms with Crippen molar-refractivity contribution in [2.45, 2.75) is 59.3 Å². The van der Waals surface area contributed by atoms with Crippen molar-refractivity contribution in [3.05, 3.63) is 66.7 Å². The van der Waals surface area contributed by atoms with Crippen LogP contribution in [0, 0.1) is 0 Å². The molecule has 0 N–H and O–H groups in total. The molecule has 3 nitrogen and oxygen atoms in total. The van der Waals surface area contributed by atoms with Crippen LogP contribution in [0.3, 0.4) is 0 Å². The SMILES string of the molecule is CCCCOc1cccc(-c2ccc(-c3ccccc3OCCCC)cc2OCCCC)c1. The van der Waals surface area contributed by atoms with E-state index in [1.165, 1.54) is 0 Å². The van der Waals surface area contributed by atoms with Crippen molar-refractivity contribution in [2.75, 3.05) is 19.8 Å². The molecule has 0 amide bonds. The van der Waals surface area contributed by atoms with Gasteiger partial charge in [0.15, 0.2) is 0 Å². The monoisotopic (exact) mass is 446 g/mol. The molecule has 33 heavy (non-hydrogen) atoms. The lowest BCUT2D eigenvalue weighted by atomic mass is 9.98. The van der Waals surface area contributed by atoms with Gasteiger partial charge in [0.2, 0.25) is 0 Å². The summed E-state index contributed by atoms with van der Waals surface area (Å²) in [5.41, 5.74) is 4.39. The van der Waals surface area contributed by atoms with E-state index < -0.39 is 0 Å². The van der Waals surface area contributed by atoms with E-state index in [-0.39, 0.29) is 0 Å². The van der Waals surface area contributed by atoms with Gasteiger partial charge >= 0.3 is 0 Å². The normalized spacial score (nSPS) is 10.8. The Morgan fingerprint density at radius 3 is 1.85 bits per heavy atom. The highest BCUT2D eigenvalue weighted by Gasteiger charge is 2.13. The quantitative estimate of drug-likeness (QED) is 0.232. The molecule has 0 heterocycles. The Labute approximate surface area is 199 Å². The summed E-state index contributed by atoms with van der Waals surface area (Å²) in [7, 11) is 0. The summed E-state index contributed by atoms with van der Waals surface area (Å²) in [5, 5.41) is 0. The van der Waals surface area contributed by atoms with E-state index in [4.69, 9.17) is 14.2 Å². The number of hydrogen-bond acceptors (Lipinski definition) is 3. The molecule has 0 aliphatic heterocycles. The van der Waals surface area contributed by atoms with Crippen LogP contribution in [0.4, 0.5) is 0 Å². The van der Waals surface area contributed by atoms with E-state index in [2.05, 4.69) is 69.3 Å². The maximum Gasteiger partial charge on any atom is 0.127 e. The van der Waals surface area contributed by atoms with Gasteiger partial charge in [-0.15, -0.1) is 0 Å². The fourth-order valence-electron chi connectivity index (χ4n) is 3.62. The topological polar surface area (TPSA) is 27.7 Å². The molecule has 0 spiro atoms. The van der Waals surface area contributed by atoms with Gasteiger partial charge in [0, 0.05) is 11.1 Å². The molecule has 0 atom stereocenters. The van der Waals surface area contributed by atoms with Crippen molar-refractivity contribution in [3.8, 4) is 39.5 Å². The summed E-state index contributed by atoms with van der Waals surface area (Å²) in [6.45, 7) is 8.71. The molecule has 3 aromatic rings. The van der Waals surface area contributed by atoms with Gasteiger partial charge in [-0.1, -0.05) is 82.5 Å². The Morgan fingerprint density at radius 2 is 1.12 bits per heavy atom. The number of benzene rings is 3. The molecule has 3 rings (SSSR count). The number of unbranched alkanes of at least 4 members (excludes halogenated alkanes) is 3. The van der Waals surface area contributed by atoms with Gasteiger partial charge in [0.05, 0.1) is 19.8 Å². The van der Waals surface area contributed by atoms with Crippen LogP contribution >= 0.6 is 0 Å². The Bertz CT molecular complexity index is 980. The Balaban J connectivity index is 1.93. The van der Waals surface area contributed by atoms with Crippen molar-refractivity contribution in [1.29, 1.82) is 0 Å². The molecule has 176 valence electrons. The zero-order valence-electron chi connectivity index (χ0n) is 20.4. The fourth-order valence-corrected chi connectivity index (χ4v) is 3.62. The molecule has 0 fully saturated rings. The lowest BCUT2D eigenvalue weighted by Gasteiger charge is -2.16. The zero-order chi connectivity index (χ0) is 23.3. The number of para-hydroxylation sites is 1. The summed E-state index contributed by atoms with van der Waals surface area (Å²) in [6.07, 6.45) is 6.48. The maximum atomic E-state index is 6.29. The van der Waals surface area contributed by atoms with Crippen molar-refractivity contribution < 1.29 is 14.2 Å². The van der Waals surface area contributed by atoms with Crippen LogP contribution in [0.1, 0.15) is 59.3 Å². The third-order valence-corrected chi connectivity index (χ3v) is 5.60. The minimum atomic E-state index is 0.703. The highest BCUT2D eigenvalue weighted by molar-refractivity contribution is 5.79. The largest absolute Gasteiger partial charge is 0.494 e. The van der Waals surface area contributed by atoms with Crippen molar-refractivity contribution in [3.63, 3.8) is 0 Å². The highest BCUT2D eigenvalue weighted by Crippen LogP contribution is 2.38. The van der Waals surface area contributed by atoms with Gasteiger partial charge in [-0.05, 0) is 54.7 Å². The van der Waals surface area contributed by atoms with Gasteiger partial charge in [0.25, 0.3) is 0 Å². The molecule has 0 aliphatic rings. The number of hydrogen-bond donors (Lipinski definition) is 0. The second-order valence-electron chi connectivity index (χ2n) is 8.34. The molecule has 0 bridgehead atoms. The third-order valence-electron chi connectivity index (χ3n) is 5.60. The first-order chi connectivity index (χ1) is 16.3. The lowest BCUT2D eigenvalue weighted by Crippen LogP contribution is -2.00. The van der Waals surface area contributed by atoms with Gasteiger partial charge in [0.1, 0.15) is 17.2 Å². The van der Waals surface area contributed by atoms with Crippen LogP contribution in [0.2, 0.25) is 0 Å². The van der Waals surface area contributed by atoms with Gasteiger partial charge in [-0.2, -0.15) is 0 Å². The van der Waals surface area contributed by atoms with Crippen molar-refractivity contribution in [1.82, 2.24) is 0 Å². The highest BCUT2D eigenvalue weighted by atomic mass is 16.5. The maximum absolute atomic E-state index is 6.29. The number of rotatable bonds is 14. The minimum absolute atomic E-state index is 0.703. The van der Waals surface area contributed by atoms with Crippen molar-refractivity contribution in [2.24, 2.45) is 0 Å². The minimum Gasteiger partial charge on any atom is -0.494 e. The molecule has 3 heteroatoms. The van der Waals surface area contributed by atoms with Crippen LogP contribution in [0.25, 0.3) is 22.3 Å². The molecule has 0 aliphatic carbocycles. The van der Waals surface area contributed by atoms with Crippen LogP contribution in [0.15, 0.2) is 66.7 Å². The van der Waals surface area contributed by atoms with Crippen molar-refractivity contribution >= 4 is 0 Å². The van der Waals surface area contributed by atoms with E-state index in [1.807, 2.05) is 18.2 Å². The van der Waals surface area contributed by atoms with Gasteiger partial charge in [-0.3, -0.25) is 0 Å². The van der Waals surface area contributed by atoms with Crippen LogP contribution in [-0.4, -0.2) is 19.8 Å². The lowest BCUT2D eigenvalue weighted by molar-refractivity contribution is 0.308. The number of ether oxygens (including phenoxy) is 3. The average Bonchev–Trinajstić information content (AvgIpc) is 2.85. The van der Waals surface area contributed by atoms with E-state index in [1.54, 1.807) is 0 Å². The predicted molar refractivity (Wildman–Crippen MR) is 139 cm³/mol. The van der Waals surface area contributed by atoms with Gasteiger partial charge < -0.3 is 14.2 Å². The second-order valence-corrected chi connectivity index (χ2v) is 8.34. The fraction of sp³-hybridized carbons (Fsp3) is 0.400.